The molecule has 0 saturated carbocycles. The predicted molar refractivity (Wildman–Crippen MR) is 195 cm³/mol. The van der Waals surface area contributed by atoms with E-state index in [9.17, 15) is 19.2 Å². The van der Waals surface area contributed by atoms with E-state index in [2.05, 4.69) is 38.1 Å². The van der Waals surface area contributed by atoms with E-state index < -0.39 is 30.2 Å². The lowest BCUT2D eigenvalue weighted by atomic mass is 9.78. The van der Waals surface area contributed by atoms with Crippen molar-refractivity contribution in [3.8, 4) is 17.2 Å². The molecule has 0 aliphatic carbocycles. The maximum Gasteiger partial charge on any atom is 0.345 e. The van der Waals surface area contributed by atoms with Crippen LogP contribution in [0.2, 0.25) is 10.0 Å². The summed E-state index contributed by atoms with van der Waals surface area (Å²) in [6.45, 7) is 4.00. The van der Waals surface area contributed by atoms with Gasteiger partial charge in [-0.05, 0) is 90.0 Å². The Hall–Kier alpha value is -5.44. The third kappa shape index (κ3) is 8.31. The van der Waals surface area contributed by atoms with Gasteiger partial charge in [-0.3, -0.25) is 14.4 Å². The summed E-state index contributed by atoms with van der Waals surface area (Å²) < 4.78 is 16.7. The van der Waals surface area contributed by atoms with Crippen molar-refractivity contribution in [3.05, 3.63) is 154 Å². The van der Waals surface area contributed by atoms with Gasteiger partial charge in [-0.25, -0.2) is 4.79 Å². The van der Waals surface area contributed by atoms with Gasteiger partial charge in [0.1, 0.15) is 17.2 Å². The zero-order valence-electron chi connectivity index (χ0n) is 27.8. The Morgan fingerprint density at radius 3 is 2.02 bits per heavy atom. The number of ketones is 1. The molecular formula is C41H33Cl2NO7. The van der Waals surface area contributed by atoms with Crippen LogP contribution in [-0.2, 0) is 19.7 Å². The topological polar surface area (TPSA) is 99.2 Å². The number of anilines is 1. The SMILES string of the molecule is CC(C)(c1ccccc1)c1ccc(Oc2ccc(N3C[C@@H](C(=O)OCC(=O)c4ccc(OC(=O)c5ccc(Cl)cc5Cl)cc4)CC3=O)cc2)cc1. The van der Waals surface area contributed by atoms with Gasteiger partial charge >= 0.3 is 11.9 Å². The number of carbonyl (C=O) groups excluding carboxylic acids is 4. The van der Waals surface area contributed by atoms with Crippen molar-refractivity contribution in [2.75, 3.05) is 18.1 Å². The number of rotatable bonds is 11. The normalized spacial score (nSPS) is 14.2. The van der Waals surface area contributed by atoms with Crippen molar-refractivity contribution < 1.29 is 33.4 Å². The number of hydrogen-bond donors (Lipinski definition) is 0. The highest BCUT2D eigenvalue weighted by Gasteiger charge is 2.36. The average molecular weight is 723 g/mol. The van der Waals surface area contributed by atoms with Crippen molar-refractivity contribution in [3.63, 3.8) is 0 Å². The summed E-state index contributed by atoms with van der Waals surface area (Å²) in [4.78, 5) is 52.4. The number of halogens is 2. The summed E-state index contributed by atoms with van der Waals surface area (Å²) in [6, 6.07) is 35.6. The number of esters is 2. The molecule has 1 aliphatic heterocycles. The van der Waals surface area contributed by atoms with Crippen molar-refractivity contribution in [2.45, 2.75) is 25.7 Å². The Morgan fingerprint density at radius 2 is 1.37 bits per heavy atom. The van der Waals surface area contributed by atoms with Gasteiger partial charge in [-0.1, -0.05) is 79.5 Å². The second-order valence-electron chi connectivity index (χ2n) is 12.6. The first kappa shape index (κ1) is 35.4. The second kappa shape index (κ2) is 15.2. The summed E-state index contributed by atoms with van der Waals surface area (Å²) in [6.07, 6.45) is -0.0331. The maximum atomic E-state index is 12.8. The van der Waals surface area contributed by atoms with E-state index in [-0.39, 0.29) is 46.2 Å². The lowest BCUT2D eigenvalue weighted by molar-refractivity contribution is -0.147. The van der Waals surface area contributed by atoms with Gasteiger partial charge in [0.25, 0.3) is 0 Å². The molecule has 1 fully saturated rings. The molecule has 0 radical (unpaired) electrons. The van der Waals surface area contributed by atoms with Crippen LogP contribution in [0.3, 0.4) is 0 Å². The average Bonchev–Trinajstić information content (AvgIpc) is 3.53. The number of benzene rings is 5. The largest absolute Gasteiger partial charge is 0.457 e. The summed E-state index contributed by atoms with van der Waals surface area (Å²) in [7, 11) is 0. The van der Waals surface area contributed by atoms with Gasteiger partial charge in [0.2, 0.25) is 5.91 Å². The van der Waals surface area contributed by atoms with Crippen molar-refractivity contribution in [1.82, 2.24) is 0 Å². The first-order valence-corrected chi connectivity index (χ1v) is 16.9. The second-order valence-corrected chi connectivity index (χ2v) is 13.4. The van der Waals surface area contributed by atoms with Crippen molar-refractivity contribution >= 4 is 52.5 Å². The van der Waals surface area contributed by atoms with Crippen LogP contribution in [0.4, 0.5) is 5.69 Å². The number of nitrogens with zero attached hydrogens (tertiary/aromatic N) is 1. The van der Waals surface area contributed by atoms with E-state index in [1.165, 1.54) is 52.9 Å². The molecule has 5 aromatic rings. The van der Waals surface area contributed by atoms with Gasteiger partial charge in [0.05, 0.1) is 16.5 Å². The minimum atomic E-state index is -0.721. The van der Waals surface area contributed by atoms with Crippen LogP contribution >= 0.6 is 23.2 Å². The van der Waals surface area contributed by atoms with Gasteiger partial charge < -0.3 is 19.1 Å². The zero-order chi connectivity index (χ0) is 36.1. The van der Waals surface area contributed by atoms with E-state index in [1.807, 2.05) is 30.3 Å². The number of hydrogen-bond acceptors (Lipinski definition) is 7. The fourth-order valence-electron chi connectivity index (χ4n) is 5.77. The molecule has 258 valence electrons. The lowest BCUT2D eigenvalue weighted by Gasteiger charge is -2.26. The summed E-state index contributed by atoms with van der Waals surface area (Å²) in [5.41, 5.74) is 3.25. The Bertz CT molecular complexity index is 2060. The number of Topliss-reactive ketones (excluding diaryl/α,β-unsaturated/α-hetero) is 1. The third-order valence-corrected chi connectivity index (χ3v) is 9.35. The van der Waals surface area contributed by atoms with Crippen molar-refractivity contribution in [1.29, 1.82) is 0 Å². The van der Waals surface area contributed by atoms with E-state index in [0.717, 1.165) is 5.56 Å². The van der Waals surface area contributed by atoms with Crippen LogP contribution < -0.4 is 14.4 Å². The molecule has 1 amide bonds. The molecule has 0 aromatic heterocycles. The zero-order valence-corrected chi connectivity index (χ0v) is 29.3. The van der Waals surface area contributed by atoms with E-state index in [0.29, 0.717) is 22.2 Å². The fourth-order valence-corrected chi connectivity index (χ4v) is 6.26. The third-order valence-electron chi connectivity index (χ3n) is 8.80. The highest BCUT2D eigenvalue weighted by atomic mass is 35.5. The first-order chi connectivity index (χ1) is 24.5. The summed E-state index contributed by atoms with van der Waals surface area (Å²) in [5, 5.41) is 0.535. The molecule has 0 bridgehead atoms. The lowest BCUT2D eigenvalue weighted by Crippen LogP contribution is -2.27. The minimum Gasteiger partial charge on any atom is -0.457 e. The van der Waals surface area contributed by atoms with E-state index in [1.54, 1.807) is 24.3 Å². The Balaban J connectivity index is 0.983. The fraction of sp³-hybridized carbons (Fsp3) is 0.171. The molecule has 1 atom stereocenters. The first-order valence-electron chi connectivity index (χ1n) is 16.2. The maximum absolute atomic E-state index is 12.8. The predicted octanol–water partition coefficient (Wildman–Crippen LogP) is 9.11. The molecule has 51 heavy (non-hydrogen) atoms. The van der Waals surface area contributed by atoms with Crippen LogP contribution in [0, 0.1) is 5.92 Å². The Labute approximate surface area is 305 Å². The molecule has 10 heteroatoms. The van der Waals surface area contributed by atoms with Gasteiger partial charge in [0.15, 0.2) is 12.4 Å². The van der Waals surface area contributed by atoms with Crippen LogP contribution in [0.15, 0.2) is 121 Å². The monoisotopic (exact) mass is 721 g/mol. The van der Waals surface area contributed by atoms with Crippen LogP contribution in [0.25, 0.3) is 0 Å². The van der Waals surface area contributed by atoms with Gasteiger partial charge in [0, 0.05) is 34.7 Å². The molecular weight excluding hydrogens is 689 g/mol. The standard InChI is InChI=1S/C41H33Cl2NO7/c1-41(2,28-6-4-3-5-7-28)29-10-17-32(18-11-29)50-33-19-13-31(14-20-33)44-24-27(22-38(44)46)39(47)49-25-37(45)26-8-15-34(16-9-26)51-40(48)35-21-12-30(42)23-36(35)43/h3-21,23,27H,22,24-25H2,1-2H3/t27-/m0/s1. The number of carbonyl (C=O) groups is 4. The molecule has 8 nitrogen and oxygen atoms in total. The van der Waals surface area contributed by atoms with E-state index in [4.69, 9.17) is 37.4 Å². The molecule has 5 aromatic carbocycles. The molecule has 1 aliphatic rings. The van der Waals surface area contributed by atoms with Crippen molar-refractivity contribution in [2.24, 2.45) is 5.92 Å². The molecule has 0 unspecified atom stereocenters. The summed E-state index contributed by atoms with van der Waals surface area (Å²) >= 11 is 11.9. The number of ether oxygens (including phenoxy) is 3. The van der Waals surface area contributed by atoms with Gasteiger partial charge in [-0.15, -0.1) is 0 Å². The van der Waals surface area contributed by atoms with Gasteiger partial charge in [-0.2, -0.15) is 0 Å². The minimum absolute atomic E-state index is 0.0331. The van der Waals surface area contributed by atoms with E-state index >= 15 is 0 Å². The molecule has 0 N–H and O–H groups in total. The molecule has 1 heterocycles. The highest BCUT2D eigenvalue weighted by molar-refractivity contribution is 6.36. The van der Waals surface area contributed by atoms with Crippen LogP contribution in [0.1, 0.15) is 52.1 Å². The highest BCUT2D eigenvalue weighted by Crippen LogP contribution is 2.34. The Morgan fingerprint density at radius 1 is 0.765 bits per heavy atom. The quantitative estimate of drug-likeness (QED) is 0.0762. The summed E-state index contributed by atoms with van der Waals surface area (Å²) in [5.74, 6) is -1.23. The Kier molecular flexibility index (Phi) is 10.6. The van der Waals surface area contributed by atoms with Crippen LogP contribution in [-0.4, -0.2) is 36.8 Å². The molecule has 0 spiro atoms. The number of amides is 1. The smallest absolute Gasteiger partial charge is 0.345 e. The molecule has 6 rings (SSSR count). The molecule has 1 saturated heterocycles. The van der Waals surface area contributed by atoms with Crippen LogP contribution in [0.5, 0.6) is 17.2 Å².